The summed E-state index contributed by atoms with van der Waals surface area (Å²) in [4.78, 5) is 27.4. The molecule has 30 heavy (non-hydrogen) atoms. The fraction of sp³-hybridized carbons (Fsp3) is 0.455. The molecule has 2 N–H and O–H groups in total. The number of likely N-dealkylation sites (tertiary alicyclic amines) is 1. The van der Waals surface area contributed by atoms with Crippen LogP contribution in [-0.2, 0) is 16.6 Å². The number of methoxy groups -OCH3 is 1. The lowest BCUT2D eigenvalue weighted by Gasteiger charge is -2.31. The lowest BCUT2D eigenvalue weighted by molar-refractivity contribution is -0.136. The Hall–Kier alpha value is -2.51. The van der Waals surface area contributed by atoms with Crippen molar-refractivity contribution in [3.63, 3.8) is 0 Å². The topological polar surface area (TPSA) is 75.6 Å². The first kappa shape index (κ1) is 22.2. The van der Waals surface area contributed by atoms with E-state index in [1.54, 1.807) is 18.2 Å². The first-order chi connectivity index (χ1) is 14.5. The summed E-state index contributed by atoms with van der Waals surface area (Å²) in [6.45, 7) is 2.33. The second kappa shape index (κ2) is 10.5. The van der Waals surface area contributed by atoms with Gasteiger partial charge in [-0.25, -0.2) is 0 Å². The van der Waals surface area contributed by atoms with Gasteiger partial charge in [0.25, 0.3) is 0 Å². The van der Waals surface area contributed by atoms with Gasteiger partial charge >= 0.3 is 11.8 Å². The number of benzene rings is 1. The minimum Gasteiger partial charge on any atom is -0.495 e. The number of carbonyl (C=O) groups excluding carboxylic acids is 2. The summed E-state index contributed by atoms with van der Waals surface area (Å²) in [6, 6.07) is 8.93. The number of nitrogens with one attached hydrogen (secondary N) is 2. The van der Waals surface area contributed by atoms with E-state index in [4.69, 9.17) is 16.3 Å². The fourth-order valence-corrected chi connectivity index (χ4v) is 4.05. The number of rotatable bonds is 6. The highest BCUT2D eigenvalue weighted by molar-refractivity contribution is 6.40. The Bertz CT molecular complexity index is 875. The number of amides is 2. The molecule has 0 radical (unpaired) electrons. The van der Waals surface area contributed by atoms with Crippen LogP contribution in [0.25, 0.3) is 0 Å². The van der Waals surface area contributed by atoms with Crippen molar-refractivity contribution >= 4 is 29.1 Å². The number of nitrogens with zero attached hydrogens (tertiary/aromatic N) is 2. The largest absolute Gasteiger partial charge is 0.495 e. The minimum atomic E-state index is -0.753. The zero-order valence-electron chi connectivity index (χ0n) is 17.5. The minimum absolute atomic E-state index is 0.0144. The van der Waals surface area contributed by atoms with Gasteiger partial charge in [0.1, 0.15) is 5.75 Å². The van der Waals surface area contributed by atoms with Crippen LogP contribution in [0.15, 0.2) is 36.5 Å². The highest BCUT2D eigenvalue weighted by atomic mass is 35.5. The lowest BCUT2D eigenvalue weighted by atomic mass is 10.1. The normalized spacial score (nSPS) is 15.8. The number of hydrogen-bond donors (Lipinski definition) is 2. The Balaban J connectivity index is 1.67. The molecule has 1 aliphatic heterocycles. The van der Waals surface area contributed by atoms with Gasteiger partial charge in [-0.1, -0.05) is 24.4 Å². The third-order valence-corrected chi connectivity index (χ3v) is 5.71. The number of ether oxygens (including phenoxy) is 1. The van der Waals surface area contributed by atoms with Crippen LogP contribution in [0.1, 0.15) is 37.4 Å². The molecule has 0 saturated carbocycles. The van der Waals surface area contributed by atoms with Crippen molar-refractivity contribution in [3.05, 3.63) is 47.2 Å². The van der Waals surface area contributed by atoms with Crippen LogP contribution in [0.4, 0.5) is 5.69 Å². The van der Waals surface area contributed by atoms with Crippen LogP contribution < -0.4 is 15.4 Å². The molecular weight excluding hydrogens is 404 g/mol. The van der Waals surface area contributed by atoms with Crippen LogP contribution in [0.2, 0.25) is 5.02 Å². The maximum Gasteiger partial charge on any atom is 0.313 e. The first-order valence-corrected chi connectivity index (χ1v) is 10.7. The van der Waals surface area contributed by atoms with Gasteiger partial charge < -0.3 is 19.9 Å². The standard InChI is InChI=1S/C22H29ClN4O3/c1-26-11-7-8-18(26)19(27-12-5-3-4-6-13-27)15-24-21(28)22(29)25-17-14-16(23)9-10-20(17)30-2/h7-11,14,19H,3-6,12-13,15H2,1-2H3,(H,24,28)(H,25,29). The summed E-state index contributed by atoms with van der Waals surface area (Å²) in [5.74, 6) is -1.00. The van der Waals surface area contributed by atoms with Gasteiger partial charge in [-0.05, 0) is 56.3 Å². The molecule has 1 atom stereocenters. The predicted octanol–water partition coefficient (Wildman–Crippen LogP) is 3.36. The maximum atomic E-state index is 12.5. The number of anilines is 1. The van der Waals surface area contributed by atoms with Crippen LogP contribution in [0.3, 0.4) is 0 Å². The van der Waals surface area contributed by atoms with Crippen molar-refractivity contribution in [2.75, 3.05) is 32.1 Å². The Morgan fingerprint density at radius 1 is 1.13 bits per heavy atom. The summed E-state index contributed by atoms with van der Waals surface area (Å²) in [5, 5.41) is 5.83. The molecule has 0 spiro atoms. The van der Waals surface area contributed by atoms with Crippen LogP contribution in [0, 0.1) is 0 Å². The lowest BCUT2D eigenvalue weighted by Crippen LogP contribution is -2.43. The van der Waals surface area contributed by atoms with E-state index in [-0.39, 0.29) is 6.04 Å². The van der Waals surface area contributed by atoms with Gasteiger partial charge in [0, 0.05) is 30.5 Å². The monoisotopic (exact) mass is 432 g/mol. The van der Waals surface area contributed by atoms with Gasteiger partial charge in [0.15, 0.2) is 0 Å². The van der Waals surface area contributed by atoms with Crippen molar-refractivity contribution in [3.8, 4) is 5.75 Å². The molecule has 1 aliphatic rings. The molecule has 1 aromatic carbocycles. The van der Waals surface area contributed by atoms with Gasteiger partial charge in [0.05, 0.1) is 18.8 Å². The fourth-order valence-electron chi connectivity index (χ4n) is 3.87. The summed E-state index contributed by atoms with van der Waals surface area (Å²) in [6.07, 6.45) is 6.74. The number of aryl methyl sites for hydroxylation is 1. The predicted molar refractivity (Wildman–Crippen MR) is 118 cm³/mol. The number of hydrogen-bond acceptors (Lipinski definition) is 4. The van der Waals surface area contributed by atoms with E-state index < -0.39 is 11.8 Å². The second-order valence-electron chi connectivity index (χ2n) is 7.52. The molecule has 1 fully saturated rings. The van der Waals surface area contributed by atoms with Gasteiger partial charge in [0.2, 0.25) is 0 Å². The number of halogens is 1. The zero-order chi connectivity index (χ0) is 21.5. The molecule has 1 unspecified atom stereocenters. The first-order valence-electron chi connectivity index (χ1n) is 10.3. The van der Waals surface area contributed by atoms with Crippen molar-refractivity contribution < 1.29 is 14.3 Å². The Morgan fingerprint density at radius 2 is 1.87 bits per heavy atom. The molecule has 162 valence electrons. The van der Waals surface area contributed by atoms with E-state index in [0.717, 1.165) is 31.6 Å². The van der Waals surface area contributed by atoms with Crippen LogP contribution in [-0.4, -0.2) is 48.0 Å². The quantitative estimate of drug-likeness (QED) is 0.686. The SMILES string of the molecule is COc1ccc(Cl)cc1NC(=O)C(=O)NCC(c1cccn1C)N1CCCCCC1. The number of carbonyl (C=O) groups is 2. The van der Waals surface area contributed by atoms with Crippen molar-refractivity contribution in [1.29, 1.82) is 0 Å². The van der Waals surface area contributed by atoms with E-state index in [1.807, 2.05) is 19.3 Å². The molecular formula is C22H29ClN4O3. The average Bonchev–Trinajstić information content (AvgIpc) is 2.98. The highest BCUT2D eigenvalue weighted by Crippen LogP contribution is 2.28. The van der Waals surface area contributed by atoms with Crippen molar-refractivity contribution in [2.45, 2.75) is 31.7 Å². The Kier molecular flexibility index (Phi) is 7.76. The molecule has 0 aliphatic carbocycles. The number of aromatic nitrogens is 1. The maximum absolute atomic E-state index is 12.5. The molecule has 7 nitrogen and oxygen atoms in total. The molecule has 3 rings (SSSR count). The van der Waals surface area contributed by atoms with Crippen LogP contribution in [0.5, 0.6) is 5.75 Å². The molecule has 1 aromatic heterocycles. The Labute approximate surface area is 182 Å². The summed E-state index contributed by atoms with van der Waals surface area (Å²) in [5.41, 5.74) is 1.48. The van der Waals surface area contributed by atoms with Gasteiger partial charge in [-0.2, -0.15) is 0 Å². The second-order valence-corrected chi connectivity index (χ2v) is 7.96. The Morgan fingerprint density at radius 3 is 2.50 bits per heavy atom. The smallest absolute Gasteiger partial charge is 0.313 e. The van der Waals surface area contributed by atoms with Crippen molar-refractivity contribution in [1.82, 2.24) is 14.8 Å². The highest BCUT2D eigenvalue weighted by Gasteiger charge is 2.25. The summed E-state index contributed by atoms with van der Waals surface area (Å²) >= 11 is 6.00. The van der Waals surface area contributed by atoms with E-state index in [9.17, 15) is 9.59 Å². The van der Waals surface area contributed by atoms with E-state index in [1.165, 1.54) is 20.0 Å². The summed E-state index contributed by atoms with van der Waals surface area (Å²) in [7, 11) is 3.49. The van der Waals surface area contributed by atoms with E-state index in [2.05, 4.69) is 26.2 Å². The average molecular weight is 433 g/mol. The van der Waals surface area contributed by atoms with Gasteiger partial charge in [-0.15, -0.1) is 0 Å². The molecule has 2 aromatic rings. The van der Waals surface area contributed by atoms with E-state index in [0.29, 0.717) is 23.0 Å². The third-order valence-electron chi connectivity index (χ3n) is 5.48. The van der Waals surface area contributed by atoms with Crippen LogP contribution >= 0.6 is 11.6 Å². The molecule has 1 saturated heterocycles. The van der Waals surface area contributed by atoms with Gasteiger partial charge in [-0.3, -0.25) is 14.5 Å². The molecule has 8 heteroatoms. The molecule has 2 heterocycles. The molecule has 2 amide bonds. The third kappa shape index (κ3) is 5.55. The molecule has 0 bridgehead atoms. The van der Waals surface area contributed by atoms with E-state index >= 15 is 0 Å². The van der Waals surface area contributed by atoms with Crippen molar-refractivity contribution in [2.24, 2.45) is 7.05 Å². The summed E-state index contributed by atoms with van der Waals surface area (Å²) < 4.78 is 7.29. The zero-order valence-corrected chi connectivity index (χ0v) is 18.2.